The zero-order valence-electron chi connectivity index (χ0n) is 16.5. The maximum atomic E-state index is 10.5. The molecule has 0 aliphatic carbocycles. The molecule has 0 N–H and O–H groups in total. The van der Waals surface area contributed by atoms with E-state index in [4.69, 9.17) is 0 Å². The fourth-order valence-corrected chi connectivity index (χ4v) is 2.04. The number of carbonyl (C=O) groups is 6. The molecule has 0 unspecified atom stereocenters. The van der Waals surface area contributed by atoms with Gasteiger partial charge in [0.1, 0.15) is 0 Å². The first kappa shape index (κ1) is 35.2. The molecule has 0 amide bonds. The van der Waals surface area contributed by atoms with Crippen LogP contribution in [0.3, 0.4) is 0 Å². The van der Waals surface area contributed by atoms with E-state index in [1.54, 1.807) is 0 Å². The minimum absolute atomic E-state index is 0. The fourth-order valence-electron chi connectivity index (χ4n) is 2.04. The number of hydrogen-bond acceptors (Lipinski definition) is 12. The van der Waals surface area contributed by atoms with Crippen LogP contribution in [0.25, 0.3) is 0 Å². The van der Waals surface area contributed by atoms with E-state index in [1.807, 2.05) is 0 Å². The molecule has 2 aromatic rings. The van der Waals surface area contributed by atoms with Crippen molar-refractivity contribution in [3.8, 4) is 0 Å². The molecule has 2 aromatic carbocycles. The summed E-state index contributed by atoms with van der Waals surface area (Å²) in [5.74, 6) is -10.3. The van der Waals surface area contributed by atoms with Gasteiger partial charge >= 0.3 is 69.2 Å². The van der Waals surface area contributed by atoms with E-state index >= 15 is 0 Å². The van der Waals surface area contributed by atoms with E-state index in [2.05, 4.69) is 0 Å². The smallest absolute Gasteiger partial charge is 0.545 e. The Hall–Kier alpha value is -2.44. The average molecular weight is 487 g/mol. The molecule has 0 aromatic heterocycles. The van der Waals surface area contributed by atoms with Gasteiger partial charge < -0.3 is 59.4 Å². The van der Waals surface area contributed by atoms with E-state index in [0.29, 0.717) is 12.1 Å². The van der Waals surface area contributed by atoms with E-state index in [0.717, 1.165) is 24.3 Å². The summed E-state index contributed by atoms with van der Waals surface area (Å²) in [5, 5.41) is 62.6. The Bertz CT molecular complexity index is 996. The van der Waals surface area contributed by atoms with Gasteiger partial charge in [-0.05, 0) is 23.3 Å². The van der Waals surface area contributed by atoms with Crippen molar-refractivity contribution in [2.45, 2.75) is 0 Å². The average Bonchev–Trinajstić information content (AvgIpc) is 2.67. The van der Waals surface area contributed by atoms with Crippen LogP contribution in [0.2, 0.25) is 0 Å². The molecular formula is C18H6Mg3O12. The summed E-state index contributed by atoms with van der Waals surface area (Å²) < 4.78 is 0. The van der Waals surface area contributed by atoms with Crippen LogP contribution in [-0.4, -0.2) is 105 Å². The topological polar surface area (TPSA) is 241 Å². The van der Waals surface area contributed by atoms with Gasteiger partial charge in [0, 0.05) is 22.3 Å². The Morgan fingerprint density at radius 2 is 0.636 bits per heavy atom. The third-order valence-electron chi connectivity index (χ3n) is 3.39. The molecule has 0 bridgehead atoms. The molecule has 0 fully saturated rings. The van der Waals surface area contributed by atoms with Crippen molar-refractivity contribution in [3.05, 3.63) is 69.8 Å². The molecule has 0 saturated carbocycles. The SMILES string of the molecule is O=C([O-])c1ccc(C(=O)[O-])c(C(=O)[O-])c1.O=C([O-])c1ccc(C(=O)[O-])c(C(=O)[O-])c1.[Mg+2].[Mg+2].[Mg+2]. The van der Waals surface area contributed by atoms with Gasteiger partial charge in [-0.2, -0.15) is 0 Å². The summed E-state index contributed by atoms with van der Waals surface area (Å²) in [4.78, 5) is 62.6. The van der Waals surface area contributed by atoms with Crippen LogP contribution in [-0.2, 0) is 0 Å². The first-order valence-electron chi connectivity index (χ1n) is 7.43. The second-order valence-corrected chi connectivity index (χ2v) is 5.25. The molecule has 0 radical (unpaired) electrons. The first-order valence-corrected chi connectivity index (χ1v) is 7.43. The second kappa shape index (κ2) is 15.4. The largest absolute Gasteiger partial charge is 2.00 e. The first-order chi connectivity index (χ1) is 13.9. The minimum Gasteiger partial charge on any atom is -0.545 e. The van der Waals surface area contributed by atoms with Crippen molar-refractivity contribution in [2.75, 3.05) is 0 Å². The van der Waals surface area contributed by atoms with Gasteiger partial charge in [-0.3, -0.25) is 0 Å². The molecule has 156 valence electrons. The Labute approximate surface area is 232 Å². The van der Waals surface area contributed by atoms with Gasteiger partial charge in [0.2, 0.25) is 0 Å². The molecular weight excluding hydrogens is 481 g/mol. The van der Waals surface area contributed by atoms with Crippen molar-refractivity contribution in [1.29, 1.82) is 0 Å². The molecule has 0 spiro atoms. The van der Waals surface area contributed by atoms with Crippen LogP contribution in [0.15, 0.2) is 36.4 Å². The Morgan fingerprint density at radius 3 is 0.818 bits per heavy atom. The second-order valence-electron chi connectivity index (χ2n) is 5.25. The van der Waals surface area contributed by atoms with Crippen LogP contribution < -0.4 is 30.6 Å². The predicted octanol–water partition coefficient (Wildman–Crippen LogP) is -7.59. The van der Waals surface area contributed by atoms with Crippen LogP contribution in [0, 0.1) is 0 Å². The number of benzene rings is 2. The van der Waals surface area contributed by atoms with Crippen LogP contribution in [0.4, 0.5) is 0 Å². The molecule has 33 heavy (non-hydrogen) atoms. The monoisotopic (exact) mass is 486 g/mol. The van der Waals surface area contributed by atoms with Gasteiger partial charge in [0.25, 0.3) is 0 Å². The van der Waals surface area contributed by atoms with Gasteiger partial charge in [-0.1, -0.05) is 24.3 Å². The summed E-state index contributed by atoms with van der Waals surface area (Å²) >= 11 is 0. The quantitative estimate of drug-likeness (QED) is 0.345. The summed E-state index contributed by atoms with van der Waals surface area (Å²) in [7, 11) is 0. The minimum atomic E-state index is -1.79. The van der Waals surface area contributed by atoms with Gasteiger partial charge in [-0.15, -0.1) is 0 Å². The van der Waals surface area contributed by atoms with Crippen molar-refractivity contribution in [3.63, 3.8) is 0 Å². The number of carbonyl (C=O) groups excluding carboxylic acids is 6. The van der Waals surface area contributed by atoms with E-state index in [-0.39, 0.29) is 69.2 Å². The molecule has 2 rings (SSSR count). The van der Waals surface area contributed by atoms with E-state index < -0.39 is 69.2 Å². The maximum Gasteiger partial charge on any atom is 2.00 e. The zero-order valence-corrected chi connectivity index (χ0v) is 20.7. The van der Waals surface area contributed by atoms with Gasteiger partial charge in [0.15, 0.2) is 0 Å². The number of rotatable bonds is 6. The molecule has 0 aliphatic heterocycles. The van der Waals surface area contributed by atoms with Crippen molar-refractivity contribution in [1.82, 2.24) is 0 Å². The van der Waals surface area contributed by atoms with Crippen molar-refractivity contribution in [2.24, 2.45) is 0 Å². The molecule has 12 nitrogen and oxygen atoms in total. The summed E-state index contributed by atoms with van der Waals surface area (Å²) in [5.41, 5.74) is -3.67. The van der Waals surface area contributed by atoms with Crippen LogP contribution >= 0.6 is 0 Å². The standard InChI is InChI=1S/2C9H6O6.3Mg/c2*10-7(11)4-1-2-5(8(12)13)6(3-4)9(14)15;;;/h2*1-3H,(H,10,11)(H,12,13)(H,14,15);;;/q;;3*+2/p-6. The van der Waals surface area contributed by atoms with Crippen LogP contribution in [0.1, 0.15) is 62.1 Å². The Morgan fingerprint density at radius 1 is 0.394 bits per heavy atom. The van der Waals surface area contributed by atoms with E-state index in [1.165, 1.54) is 0 Å². The summed E-state index contributed by atoms with van der Waals surface area (Å²) in [6.45, 7) is 0. The normalized spacial score (nSPS) is 8.73. The molecule has 0 heterocycles. The Balaban J connectivity index is -0.000000500. The zero-order chi connectivity index (χ0) is 23.2. The third-order valence-corrected chi connectivity index (χ3v) is 3.39. The fraction of sp³-hybridized carbons (Fsp3) is 0. The molecule has 15 heteroatoms. The number of aromatic carboxylic acids is 6. The number of carboxylic acids is 6. The third kappa shape index (κ3) is 9.93. The van der Waals surface area contributed by atoms with Crippen molar-refractivity contribution < 1.29 is 59.4 Å². The van der Waals surface area contributed by atoms with E-state index in [9.17, 15) is 59.4 Å². The molecule has 0 aliphatic rings. The number of hydrogen-bond donors (Lipinski definition) is 0. The van der Waals surface area contributed by atoms with Gasteiger partial charge in [-0.25, -0.2) is 0 Å². The Kier molecular flexibility index (Phi) is 16.4. The number of carboxylic acid groups (broad SMARTS) is 6. The maximum absolute atomic E-state index is 10.5. The molecule has 0 saturated heterocycles. The predicted molar refractivity (Wildman–Crippen MR) is 96.1 cm³/mol. The summed E-state index contributed by atoms with van der Waals surface area (Å²) in [6.07, 6.45) is 0. The summed E-state index contributed by atoms with van der Waals surface area (Å²) in [6, 6.07) is 4.74. The van der Waals surface area contributed by atoms with Crippen LogP contribution in [0.5, 0.6) is 0 Å². The van der Waals surface area contributed by atoms with Gasteiger partial charge in [0.05, 0.1) is 35.8 Å². The van der Waals surface area contributed by atoms with Crippen molar-refractivity contribution >= 4 is 105 Å². The molecule has 0 atom stereocenters.